The van der Waals surface area contributed by atoms with E-state index in [0.29, 0.717) is 30.0 Å². The van der Waals surface area contributed by atoms with Gasteiger partial charge in [0.05, 0.1) is 34.8 Å². The van der Waals surface area contributed by atoms with Gasteiger partial charge in [0.25, 0.3) is 0 Å². The highest BCUT2D eigenvalue weighted by molar-refractivity contribution is 7.92. The molecule has 4 rings (SSSR count). The summed E-state index contributed by atoms with van der Waals surface area (Å²) in [5, 5.41) is 5.87. The minimum absolute atomic E-state index is 0.165. The molecule has 190 valence electrons. The fourth-order valence-corrected chi connectivity index (χ4v) is 5.57. The van der Waals surface area contributed by atoms with E-state index in [1.807, 2.05) is 26.0 Å². The first kappa shape index (κ1) is 25.9. The highest BCUT2D eigenvalue weighted by Gasteiger charge is 2.36. The molecule has 3 aromatic rings. The van der Waals surface area contributed by atoms with Crippen molar-refractivity contribution in [1.29, 1.82) is 0 Å². The molecule has 0 atom stereocenters. The second kappa shape index (κ2) is 9.71. The number of benzene rings is 2. The van der Waals surface area contributed by atoms with Gasteiger partial charge in [-0.15, -0.1) is 0 Å². The summed E-state index contributed by atoms with van der Waals surface area (Å²) in [6, 6.07) is 10.5. The van der Waals surface area contributed by atoms with Gasteiger partial charge in [-0.25, -0.2) is 13.4 Å². The quantitative estimate of drug-likeness (QED) is 0.407. The van der Waals surface area contributed by atoms with Crippen molar-refractivity contribution in [1.82, 2.24) is 9.97 Å². The van der Waals surface area contributed by atoms with Crippen LogP contribution in [0.1, 0.15) is 45.2 Å². The third-order valence-electron chi connectivity index (χ3n) is 6.48. The molecule has 0 radical (unpaired) electrons. The van der Waals surface area contributed by atoms with Gasteiger partial charge >= 0.3 is 0 Å². The van der Waals surface area contributed by atoms with Crippen molar-refractivity contribution >= 4 is 50.4 Å². The lowest BCUT2D eigenvalue weighted by molar-refractivity contribution is -0.124. The summed E-state index contributed by atoms with van der Waals surface area (Å²) < 4.78 is 31.3. The van der Waals surface area contributed by atoms with E-state index < -0.39 is 20.5 Å². The molecule has 0 amide bonds. The lowest BCUT2D eigenvalue weighted by Crippen LogP contribution is -2.34. The average Bonchev–Trinajstić information content (AvgIpc) is 2.83. The summed E-state index contributed by atoms with van der Waals surface area (Å²) in [7, 11) is -1.97. The number of hydrogen-bond acceptors (Lipinski definition) is 8. The van der Waals surface area contributed by atoms with Crippen molar-refractivity contribution in [3.8, 4) is 5.75 Å². The molecule has 0 aliphatic heterocycles. The van der Waals surface area contributed by atoms with Crippen LogP contribution in [0.4, 0.5) is 23.1 Å². The summed E-state index contributed by atoms with van der Waals surface area (Å²) in [4.78, 5) is 21.4. The van der Waals surface area contributed by atoms with Crippen LogP contribution >= 0.6 is 11.6 Å². The first-order valence-corrected chi connectivity index (χ1v) is 13.5. The predicted octanol–water partition coefficient (Wildman–Crippen LogP) is 5.60. The van der Waals surface area contributed by atoms with Crippen LogP contribution in [-0.4, -0.2) is 36.5 Å². The third kappa shape index (κ3) is 4.77. The van der Waals surface area contributed by atoms with Crippen molar-refractivity contribution in [2.75, 3.05) is 17.7 Å². The zero-order chi connectivity index (χ0) is 26.3. The maximum absolute atomic E-state index is 12.8. The minimum Gasteiger partial charge on any atom is -0.495 e. The number of hydrogen-bond donors (Lipinski definition) is 2. The zero-order valence-corrected chi connectivity index (χ0v) is 22.4. The summed E-state index contributed by atoms with van der Waals surface area (Å²) in [5.41, 5.74) is 2.44. The largest absolute Gasteiger partial charge is 0.495 e. The molecule has 0 saturated heterocycles. The van der Waals surface area contributed by atoms with Gasteiger partial charge in [-0.2, -0.15) is 4.98 Å². The molecule has 1 heterocycles. The smallest absolute Gasteiger partial charge is 0.229 e. The first-order chi connectivity index (χ1) is 16.9. The van der Waals surface area contributed by atoms with Crippen LogP contribution in [0.5, 0.6) is 5.75 Å². The number of carbonyl (C=O) groups excluding carboxylic acids is 1. The number of halogens is 1. The second-order valence-electron chi connectivity index (χ2n) is 9.49. The molecule has 8 nitrogen and oxygen atoms in total. The van der Waals surface area contributed by atoms with Crippen molar-refractivity contribution in [3.63, 3.8) is 0 Å². The number of ketones is 1. The lowest BCUT2D eigenvalue weighted by atomic mass is 9.71. The third-order valence-corrected chi connectivity index (χ3v) is 8.96. The van der Waals surface area contributed by atoms with Gasteiger partial charge in [-0.05, 0) is 69.5 Å². The van der Waals surface area contributed by atoms with Gasteiger partial charge in [0.2, 0.25) is 5.95 Å². The summed E-state index contributed by atoms with van der Waals surface area (Å²) in [6.07, 6.45) is 2.56. The molecule has 1 aromatic heterocycles. The molecular formula is C26H29ClN4O4S. The number of fused-ring (bicyclic) bond motifs is 1. The van der Waals surface area contributed by atoms with Crippen LogP contribution in [0.25, 0.3) is 0 Å². The Balaban J connectivity index is 1.69. The van der Waals surface area contributed by atoms with Crippen molar-refractivity contribution in [2.45, 2.75) is 56.1 Å². The van der Waals surface area contributed by atoms with E-state index in [1.165, 1.54) is 6.20 Å². The highest BCUT2D eigenvalue weighted by Crippen LogP contribution is 2.40. The summed E-state index contributed by atoms with van der Waals surface area (Å²) >= 11 is 6.36. The van der Waals surface area contributed by atoms with E-state index in [0.717, 1.165) is 11.1 Å². The molecule has 0 unspecified atom stereocenters. The fourth-order valence-electron chi connectivity index (χ4n) is 4.23. The molecule has 0 bridgehead atoms. The van der Waals surface area contributed by atoms with E-state index in [1.54, 1.807) is 45.2 Å². The topological polar surface area (TPSA) is 110 Å². The molecule has 0 saturated carbocycles. The van der Waals surface area contributed by atoms with Crippen LogP contribution in [0.3, 0.4) is 0 Å². The van der Waals surface area contributed by atoms with Gasteiger partial charge in [0, 0.05) is 11.8 Å². The minimum atomic E-state index is -3.54. The summed E-state index contributed by atoms with van der Waals surface area (Å²) in [5.74, 6) is 1.26. The molecular weight excluding hydrogens is 500 g/mol. The highest BCUT2D eigenvalue weighted by atomic mass is 35.5. The number of nitrogens with one attached hydrogen (secondary N) is 2. The van der Waals surface area contributed by atoms with E-state index in [9.17, 15) is 13.2 Å². The normalized spacial score (nSPS) is 14.9. The monoisotopic (exact) mass is 528 g/mol. The Morgan fingerprint density at radius 3 is 2.50 bits per heavy atom. The Morgan fingerprint density at radius 2 is 1.81 bits per heavy atom. The Labute approximate surface area is 216 Å². The Morgan fingerprint density at radius 1 is 1.08 bits per heavy atom. The van der Waals surface area contributed by atoms with Crippen molar-refractivity contribution in [3.05, 3.63) is 58.7 Å². The Bertz CT molecular complexity index is 1440. The zero-order valence-electron chi connectivity index (χ0n) is 20.8. The molecule has 10 heteroatoms. The number of aryl methyl sites for hydroxylation is 1. The molecule has 2 N–H and O–H groups in total. The maximum atomic E-state index is 12.8. The molecule has 0 spiro atoms. The number of carbonyl (C=O) groups is 1. The van der Waals surface area contributed by atoms with Gasteiger partial charge in [-0.1, -0.05) is 23.7 Å². The number of anilines is 4. The average molecular weight is 529 g/mol. The lowest BCUT2D eigenvalue weighted by Gasteiger charge is -2.32. The standard InChI is InChI=1S/C26H29ClN4O4S/c1-15(2)36(33,34)22-9-7-6-8-19(22)29-24-18(27)14-28-25(31-24)30-20-12-16-10-11-23(32)26(3,4)17(16)13-21(20)35-5/h6-9,12-15H,10-11H2,1-5H3,(H2,28,29,30,31). The number of nitrogens with zero attached hydrogens (tertiary/aromatic N) is 2. The Kier molecular flexibility index (Phi) is 6.99. The van der Waals surface area contributed by atoms with Crippen LogP contribution in [0, 0.1) is 0 Å². The van der Waals surface area contributed by atoms with Crippen LogP contribution in [0.2, 0.25) is 5.02 Å². The Hall–Kier alpha value is -3.17. The van der Waals surface area contributed by atoms with E-state index in [4.69, 9.17) is 16.3 Å². The second-order valence-corrected chi connectivity index (χ2v) is 12.4. The predicted molar refractivity (Wildman–Crippen MR) is 142 cm³/mol. The van der Waals surface area contributed by atoms with Gasteiger partial charge in [0.1, 0.15) is 16.6 Å². The number of sulfone groups is 1. The van der Waals surface area contributed by atoms with Gasteiger partial charge < -0.3 is 15.4 Å². The number of Topliss-reactive ketones (excluding diaryl/α,β-unsaturated/α-hetero) is 1. The van der Waals surface area contributed by atoms with E-state index >= 15 is 0 Å². The number of methoxy groups -OCH3 is 1. The maximum Gasteiger partial charge on any atom is 0.229 e. The molecule has 1 aliphatic rings. The molecule has 1 aliphatic carbocycles. The van der Waals surface area contributed by atoms with Crippen LogP contribution in [0.15, 0.2) is 47.5 Å². The molecule has 0 fully saturated rings. The van der Waals surface area contributed by atoms with Crippen molar-refractivity contribution < 1.29 is 17.9 Å². The number of ether oxygens (including phenoxy) is 1. The van der Waals surface area contributed by atoms with Crippen LogP contribution < -0.4 is 15.4 Å². The number of para-hydroxylation sites is 1. The van der Waals surface area contributed by atoms with Gasteiger partial charge in [0.15, 0.2) is 15.7 Å². The number of rotatable bonds is 7. The SMILES string of the molecule is COc1cc2c(cc1Nc1ncc(Cl)c(Nc3ccccc3S(=O)(=O)C(C)C)n1)CCC(=O)C2(C)C. The van der Waals surface area contributed by atoms with Gasteiger partial charge in [-0.3, -0.25) is 4.79 Å². The first-order valence-electron chi connectivity index (χ1n) is 11.6. The summed E-state index contributed by atoms with van der Waals surface area (Å²) in [6.45, 7) is 7.12. The number of aromatic nitrogens is 2. The van der Waals surface area contributed by atoms with Crippen LogP contribution in [-0.2, 0) is 26.5 Å². The fraction of sp³-hybridized carbons (Fsp3) is 0.346. The van der Waals surface area contributed by atoms with Crippen molar-refractivity contribution in [2.24, 2.45) is 0 Å². The van der Waals surface area contributed by atoms with E-state index in [2.05, 4.69) is 20.6 Å². The molecule has 36 heavy (non-hydrogen) atoms. The molecule has 2 aromatic carbocycles. The van der Waals surface area contributed by atoms with E-state index in [-0.39, 0.29) is 27.5 Å².